The predicted octanol–water partition coefficient (Wildman–Crippen LogP) is 4.40. The van der Waals surface area contributed by atoms with Crippen LogP contribution in [0.2, 0.25) is 0 Å². The zero-order valence-corrected chi connectivity index (χ0v) is 14.3. The first-order chi connectivity index (χ1) is 13.4. The van der Waals surface area contributed by atoms with Crippen molar-refractivity contribution >= 4 is 17.2 Å². The van der Waals surface area contributed by atoms with E-state index in [1.54, 1.807) is 0 Å². The lowest BCUT2D eigenvalue weighted by Gasteiger charge is -2.10. The van der Waals surface area contributed by atoms with Crippen LogP contribution in [-0.2, 0) is 0 Å². The highest BCUT2D eigenvalue weighted by Crippen LogP contribution is 2.40. The van der Waals surface area contributed by atoms with Gasteiger partial charge < -0.3 is 10.1 Å². The van der Waals surface area contributed by atoms with Gasteiger partial charge in [0.1, 0.15) is 11.4 Å². The first-order valence-corrected chi connectivity index (χ1v) is 8.46. The fourth-order valence-electron chi connectivity index (χ4n) is 2.83. The molecule has 146 valence electrons. The molecule has 4 rings (SSSR count). The molecule has 1 saturated carbocycles. The first-order valence-electron chi connectivity index (χ1n) is 8.46. The normalized spacial score (nSPS) is 14.1. The Morgan fingerprint density at radius 1 is 1.18 bits per heavy atom. The topological polar surface area (TPSA) is 68.5 Å². The summed E-state index contributed by atoms with van der Waals surface area (Å²) in [5, 5.41) is 6.32. The standard InChI is InChI=1S/C18H14F4N4O2/c19-16(20)13-7-11(9-5-6-9)23-15-8-12(25-26(13)15)17(27)24-10-3-1-2-4-14(10)28-18(21)22/h1-4,7-9,16,18H,5-6H2,(H,24,27). The maximum absolute atomic E-state index is 13.4. The molecule has 1 aliphatic carbocycles. The minimum Gasteiger partial charge on any atom is -0.433 e. The predicted molar refractivity (Wildman–Crippen MR) is 90.9 cm³/mol. The van der Waals surface area contributed by atoms with E-state index in [2.05, 4.69) is 20.1 Å². The summed E-state index contributed by atoms with van der Waals surface area (Å²) in [4.78, 5) is 16.8. The highest BCUT2D eigenvalue weighted by atomic mass is 19.3. The Morgan fingerprint density at radius 2 is 1.93 bits per heavy atom. The van der Waals surface area contributed by atoms with E-state index in [0.717, 1.165) is 17.4 Å². The molecule has 0 spiro atoms. The third kappa shape index (κ3) is 3.62. The van der Waals surface area contributed by atoms with E-state index >= 15 is 0 Å². The summed E-state index contributed by atoms with van der Waals surface area (Å²) in [6.45, 7) is -3.06. The number of amides is 1. The third-order valence-electron chi connectivity index (χ3n) is 4.28. The number of carbonyl (C=O) groups is 1. The molecule has 1 N–H and O–H groups in total. The second-order valence-corrected chi connectivity index (χ2v) is 6.31. The molecule has 0 saturated heterocycles. The summed E-state index contributed by atoms with van der Waals surface area (Å²) in [5.41, 5.74) is 0.152. The summed E-state index contributed by atoms with van der Waals surface area (Å²) in [6.07, 6.45) is -1.03. The molecule has 1 aliphatic rings. The van der Waals surface area contributed by atoms with Crippen LogP contribution in [0.5, 0.6) is 5.75 Å². The summed E-state index contributed by atoms with van der Waals surface area (Å²) in [7, 11) is 0. The Bertz CT molecular complexity index is 1030. The van der Waals surface area contributed by atoms with Crippen molar-refractivity contribution in [1.29, 1.82) is 0 Å². The molecule has 1 fully saturated rings. The molecule has 0 atom stereocenters. The number of rotatable bonds is 6. The van der Waals surface area contributed by atoms with Crippen molar-refractivity contribution in [2.45, 2.75) is 31.8 Å². The van der Waals surface area contributed by atoms with Crippen molar-refractivity contribution in [2.75, 3.05) is 5.32 Å². The summed E-state index contributed by atoms with van der Waals surface area (Å²) >= 11 is 0. The van der Waals surface area contributed by atoms with Crippen molar-refractivity contribution in [1.82, 2.24) is 14.6 Å². The zero-order chi connectivity index (χ0) is 19.8. The SMILES string of the molecule is O=C(Nc1ccccc1OC(F)F)c1cc2nc(C3CC3)cc(C(F)F)n2n1. The first kappa shape index (κ1) is 18.2. The number of nitrogens with one attached hydrogen (secondary N) is 1. The van der Waals surface area contributed by atoms with E-state index in [-0.39, 0.29) is 34.4 Å². The van der Waals surface area contributed by atoms with Crippen LogP contribution in [0.4, 0.5) is 23.2 Å². The van der Waals surface area contributed by atoms with Gasteiger partial charge >= 0.3 is 6.61 Å². The number of benzene rings is 1. The number of hydrogen-bond acceptors (Lipinski definition) is 4. The van der Waals surface area contributed by atoms with Crippen LogP contribution in [-0.4, -0.2) is 27.1 Å². The second kappa shape index (κ2) is 7.10. The molecule has 0 bridgehead atoms. The number of ether oxygens (including phenoxy) is 1. The molecule has 1 amide bonds. The van der Waals surface area contributed by atoms with Gasteiger partial charge in [0.2, 0.25) is 0 Å². The van der Waals surface area contributed by atoms with Gasteiger partial charge in [0, 0.05) is 17.7 Å². The minimum atomic E-state index is -3.06. The molecule has 0 aliphatic heterocycles. The van der Waals surface area contributed by atoms with Gasteiger partial charge in [-0.05, 0) is 31.0 Å². The Labute approximate surface area is 156 Å². The highest BCUT2D eigenvalue weighted by Gasteiger charge is 2.28. The molecule has 2 aromatic heterocycles. The van der Waals surface area contributed by atoms with E-state index in [1.807, 2.05) is 0 Å². The Hall–Kier alpha value is -3.17. The van der Waals surface area contributed by atoms with E-state index in [0.29, 0.717) is 5.69 Å². The van der Waals surface area contributed by atoms with Gasteiger partial charge in [-0.15, -0.1) is 0 Å². The summed E-state index contributed by atoms with van der Waals surface area (Å²) < 4.78 is 57.1. The van der Waals surface area contributed by atoms with Gasteiger partial charge in [-0.2, -0.15) is 13.9 Å². The van der Waals surface area contributed by atoms with E-state index in [1.165, 1.54) is 36.4 Å². The molecule has 10 heteroatoms. The van der Waals surface area contributed by atoms with Crippen molar-refractivity contribution < 1.29 is 27.1 Å². The number of carbonyl (C=O) groups excluding carboxylic acids is 1. The second-order valence-electron chi connectivity index (χ2n) is 6.31. The van der Waals surface area contributed by atoms with Crippen molar-refractivity contribution in [3.8, 4) is 5.75 Å². The third-order valence-corrected chi connectivity index (χ3v) is 4.28. The molecule has 6 nitrogen and oxygen atoms in total. The Morgan fingerprint density at radius 3 is 2.61 bits per heavy atom. The van der Waals surface area contributed by atoms with E-state index < -0.39 is 18.9 Å². The van der Waals surface area contributed by atoms with Crippen LogP contribution in [0.1, 0.15) is 47.1 Å². The number of nitrogens with zero attached hydrogens (tertiary/aromatic N) is 3. The number of para-hydroxylation sites is 2. The lowest BCUT2D eigenvalue weighted by atomic mass is 10.2. The van der Waals surface area contributed by atoms with Crippen molar-refractivity contribution in [2.24, 2.45) is 0 Å². The molecule has 0 unspecified atom stereocenters. The Balaban J connectivity index is 1.66. The summed E-state index contributed by atoms with van der Waals surface area (Å²) in [5.74, 6) is -0.839. The maximum atomic E-state index is 13.4. The fourth-order valence-corrected chi connectivity index (χ4v) is 2.83. The number of hydrogen-bond donors (Lipinski definition) is 1. The largest absolute Gasteiger partial charge is 0.433 e. The lowest BCUT2D eigenvalue weighted by Crippen LogP contribution is -2.14. The smallest absolute Gasteiger partial charge is 0.387 e. The molecule has 0 radical (unpaired) electrons. The van der Waals surface area contributed by atoms with Crippen molar-refractivity contribution in [3.63, 3.8) is 0 Å². The molecule has 2 heterocycles. The average molecular weight is 394 g/mol. The van der Waals surface area contributed by atoms with Gasteiger partial charge in [-0.3, -0.25) is 4.79 Å². The lowest BCUT2D eigenvalue weighted by molar-refractivity contribution is -0.0493. The van der Waals surface area contributed by atoms with Gasteiger partial charge in [-0.1, -0.05) is 12.1 Å². The van der Waals surface area contributed by atoms with Crippen LogP contribution in [0.25, 0.3) is 5.65 Å². The maximum Gasteiger partial charge on any atom is 0.387 e. The van der Waals surface area contributed by atoms with Gasteiger partial charge in [0.15, 0.2) is 11.3 Å². The average Bonchev–Trinajstić information content (AvgIpc) is 3.40. The van der Waals surface area contributed by atoms with Gasteiger partial charge in [0.25, 0.3) is 12.3 Å². The van der Waals surface area contributed by atoms with Crippen LogP contribution in [0, 0.1) is 0 Å². The highest BCUT2D eigenvalue weighted by molar-refractivity contribution is 6.04. The van der Waals surface area contributed by atoms with E-state index in [9.17, 15) is 22.4 Å². The molecule has 3 aromatic rings. The number of halogens is 4. The van der Waals surface area contributed by atoms with Gasteiger partial charge in [0.05, 0.1) is 5.69 Å². The number of alkyl halides is 4. The van der Waals surface area contributed by atoms with Crippen LogP contribution < -0.4 is 10.1 Å². The molecular weight excluding hydrogens is 380 g/mol. The fraction of sp³-hybridized carbons (Fsp3) is 0.278. The van der Waals surface area contributed by atoms with Crippen LogP contribution in [0.3, 0.4) is 0 Å². The molecular formula is C18H14F4N4O2. The zero-order valence-electron chi connectivity index (χ0n) is 14.3. The van der Waals surface area contributed by atoms with Crippen LogP contribution >= 0.6 is 0 Å². The number of aromatic nitrogens is 3. The number of fused-ring (bicyclic) bond motifs is 1. The molecule has 1 aromatic carbocycles. The number of anilines is 1. The van der Waals surface area contributed by atoms with E-state index in [4.69, 9.17) is 0 Å². The molecule has 28 heavy (non-hydrogen) atoms. The summed E-state index contributed by atoms with van der Waals surface area (Å²) in [6, 6.07) is 8.22. The van der Waals surface area contributed by atoms with Crippen LogP contribution in [0.15, 0.2) is 36.4 Å². The monoisotopic (exact) mass is 394 g/mol. The Kier molecular flexibility index (Phi) is 4.62. The van der Waals surface area contributed by atoms with Crippen molar-refractivity contribution in [3.05, 3.63) is 53.5 Å². The van der Waals surface area contributed by atoms with Gasteiger partial charge in [-0.25, -0.2) is 18.3 Å². The quantitative estimate of drug-likeness (QED) is 0.630. The minimum absolute atomic E-state index is 0.00516.